The number of nitrogens with two attached hydrogens (primary N) is 1. The Morgan fingerprint density at radius 2 is 2.21 bits per heavy atom. The summed E-state index contributed by atoms with van der Waals surface area (Å²) in [7, 11) is 0. The lowest BCUT2D eigenvalue weighted by Crippen LogP contribution is -2.09. The Bertz CT molecular complexity index is 255. The predicted octanol–water partition coefficient (Wildman–Crippen LogP) is 2.48. The molecule has 1 aromatic rings. The Labute approximate surface area is 86.3 Å². The van der Waals surface area contributed by atoms with Gasteiger partial charge in [0.05, 0.1) is 6.20 Å². The number of nitrogens with zero attached hydrogens (tertiary/aromatic N) is 2. The summed E-state index contributed by atoms with van der Waals surface area (Å²) in [5, 5.41) is 4.27. The molecule has 1 unspecified atom stereocenters. The fourth-order valence-electron chi connectivity index (χ4n) is 1.51. The van der Waals surface area contributed by atoms with Crippen molar-refractivity contribution in [1.29, 1.82) is 0 Å². The normalized spacial score (nSPS) is 13.1. The topological polar surface area (TPSA) is 43.8 Å². The highest BCUT2D eigenvalue weighted by atomic mass is 15.3. The summed E-state index contributed by atoms with van der Waals surface area (Å²) in [6.07, 6.45) is 8.55. The van der Waals surface area contributed by atoms with Crippen LogP contribution >= 0.6 is 0 Å². The molecule has 2 N–H and O–H groups in total. The van der Waals surface area contributed by atoms with Crippen molar-refractivity contribution in [3.8, 4) is 0 Å². The molecule has 0 bridgehead atoms. The van der Waals surface area contributed by atoms with Crippen LogP contribution in [0.15, 0.2) is 12.4 Å². The number of rotatable bonds is 6. The van der Waals surface area contributed by atoms with Crippen molar-refractivity contribution in [3.63, 3.8) is 0 Å². The van der Waals surface area contributed by atoms with Gasteiger partial charge in [-0.05, 0) is 12.8 Å². The molecule has 0 spiro atoms. The molecule has 3 heteroatoms. The Morgan fingerprint density at radius 3 is 2.86 bits per heavy atom. The predicted molar refractivity (Wildman–Crippen MR) is 59.0 cm³/mol. The highest BCUT2D eigenvalue weighted by Gasteiger charge is 2.07. The van der Waals surface area contributed by atoms with E-state index in [0.717, 1.165) is 19.4 Å². The van der Waals surface area contributed by atoms with Crippen molar-refractivity contribution in [2.24, 2.45) is 5.73 Å². The van der Waals surface area contributed by atoms with E-state index >= 15 is 0 Å². The molecule has 0 aliphatic rings. The first-order chi connectivity index (χ1) is 6.77. The summed E-state index contributed by atoms with van der Waals surface area (Å²) in [5.41, 5.74) is 7.21. The molecular formula is C11H21N3. The second-order valence-corrected chi connectivity index (χ2v) is 3.79. The molecule has 0 saturated heterocycles. The van der Waals surface area contributed by atoms with Gasteiger partial charge in [0.15, 0.2) is 0 Å². The van der Waals surface area contributed by atoms with Gasteiger partial charge >= 0.3 is 0 Å². The summed E-state index contributed by atoms with van der Waals surface area (Å²) in [6.45, 7) is 5.33. The van der Waals surface area contributed by atoms with E-state index in [2.05, 4.69) is 25.1 Å². The van der Waals surface area contributed by atoms with Gasteiger partial charge in [0, 0.05) is 24.3 Å². The lowest BCUT2D eigenvalue weighted by atomic mass is 10.1. The van der Waals surface area contributed by atoms with Crippen LogP contribution in [-0.2, 0) is 6.54 Å². The molecule has 0 aliphatic heterocycles. The smallest absolute Gasteiger partial charge is 0.0537 e. The number of aromatic nitrogens is 2. The molecule has 1 rings (SSSR count). The average molecular weight is 195 g/mol. The number of hydrogen-bond acceptors (Lipinski definition) is 2. The van der Waals surface area contributed by atoms with Gasteiger partial charge in [-0.3, -0.25) is 4.68 Å². The SMILES string of the molecule is CCCCC(N)c1cnn(CCC)c1. The summed E-state index contributed by atoms with van der Waals surface area (Å²) < 4.78 is 1.97. The van der Waals surface area contributed by atoms with Gasteiger partial charge in [-0.1, -0.05) is 26.7 Å². The fraction of sp³-hybridized carbons (Fsp3) is 0.727. The van der Waals surface area contributed by atoms with E-state index in [4.69, 9.17) is 5.73 Å². The third-order valence-electron chi connectivity index (χ3n) is 2.40. The Hall–Kier alpha value is -0.830. The van der Waals surface area contributed by atoms with E-state index in [-0.39, 0.29) is 6.04 Å². The van der Waals surface area contributed by atoms with Crippen LogP contribution in [0.25, 0.3) is 0 Å². The largest absolute Gasteiger partial charge is 0.324 e. The molecule has 3 nitrogen and oxygen atoms in total. The summed E-state index contributed by atoms with van der Waals surface area (Å²) >= 11 is 0. The monoisotopic (exact) mass is 195 g/mol. The maximum absolute atomic E-state index is 6.04. The first kappa shape index (κ1) is 11.2. The van der Waals surface area contributed by atoms with Crippen molar-refractivity contribution in [1.82, 2.24) is 9.78 Å². The van der Waals surface area contributed by atoms with Gasteiger partial charge in [0.25, 0.3) is 0 Å². The van der Waals surface area contributed by atoms with Crippen LogP contribution in [0.1, 0.15) is 51.1 Å². The zero-order chi connectivity index (χ0) is 10.4. The van der Waals surface area contributed by atoms with E-state index in [1.165, 1.54) is 18.4 Å². The molecule has 0 saturated carbocycles. The quantitative estimate of drug-likeness (QED) is 0.758. The third kappa shape index (κ3) is 3.14. The maximum atomic E-state index is 6.04. The van der Waals surface area contributed by atoms with E-state index in [0.29, 0.717) is 0 Å². The van der Waals surface area contributed by atoms with Gasteiger partial charge in [0.2, 0.25) is 0 Å². The van der Waals surface area contributed by atoms with Crippen molar-refractivity contribution < 1.29 is 0 Å². The minimum Gasteiger partial charge on any atom is -0.324 e. The summed E-state index contributed by atoms with van der Waals surface area (Å²) in [5.74, 6) is 0. The van der Waals surface area contributed by atoms with Crippen molar-refractivity contribution >= 4 is 0 Å². The van der Waals surface area contributed by atoms with Crippen molar-refractivity contribution in [2.45, 2.75) is 52.1 Å². The Morgan fingerprint density at radius 1 is 1.43 bits per heavy atom. The van der Waals surface area contributed by atoms with Crippen LogP contribution in [0.3, 0.4) is 0 Å². The van der Waals surface area contributed by atoms with Crippen LogP contribution in [0.4, 0.5) is 0 Å². The van der Waals surface area contributed by atoms with Gasteiger partial charge in [-0.25, -0.2) is 0 Å². The fourth-order valence-corrected chi connectivity index (χ4v) is 1.51. The molecule has 0 radical (unpaired) electrons. The molecule has 80 valence electrons. The van der Waals surface area contributed by atoms with Crippen LogP contribution in [0.5, 0.6) is 0 Å². The van der Waals surface area contributed by atoms with E-state index in [1.807, 2.05) is 10.9 Å². The van der Waals surface area contributed by atoms with Crippen molar-refractivity contribution in [3.05, 3.63) is 18.0 Å². The van der Waals surface area contributed by atoms with E-state index in [1.54, 1.807) is 0 Å². The van der Waals surface area contributed by atoms with Crippen molar-refractivity contribution in [2.75, 3.05) is 0 Å². The molecule has 14 heavy (non-hydrogen) atoms. The number of hydrogen-bond donors (Lipinski definition) is 1. The lowest BCUT2D eigenvalue weighted by Gasteiger charge is -2.07. The van der Waals surface area contributed by atoms with Gasteiger partial charge < -0.3 is 5.73 Å². The molecule has 1 aromatic heterocycles. The molecule has 0 amide bonds. The Kier molecular flexibility index (Phi) is 4.66. The first-order valence-electron chi connectivity index (χ1n) is 5.55. The first-order valence-corrected chi connectivity index (χ1v) is 5.55. The summed E-state index contributed by atoms with van der Waals surface area (Å²) in [4.78, 5) is 0. The molecule has 0 aromatic carbocycles. The third-order valence-corrected chi connectivity index (χ3v) is 2.40. The highest BCUT2D eigenvalue weighted by molar-refractivity contribution is 5.09. The lowest BCUT2D eigenvalue weighted by molar-refractivity contribution is 0.590. The van der Waals surface area contributed by atoms with E-state index < -0.39 is 0 Å². The average Bonchev–Trinajstić information content (AvgIpc) is 2.63. The van der Waals surface area contributed by atoms with Crippen LogP contribution < -0.4 is 5.73 Å². The zero-order valence-corrected chi connectivity index (χ0v) is 9.24. The second kappa shape index (κ2) is 5.81. The number of aryl methyl sites for hydroxylation is 1. The van der Waals surface area contributed by atoms with Crippen LogP contribution in [0, 0.1) is 0 Å². The van der Waals surface area contributed by atoms with Crippen LogP contribution in [-0.4, -0.2) is 9.78 Å². The molecule has 1 atom stereocenters. The Balaban J connectivity index is 2.48. The molecule has 0 aliphatic carbocycles. The minimum atomic E-state index is 0.167. The van der Waals surface area contributed by atoms with Crippen LogP contribution in [0.2, 0.25) is 0 Å². The number of unbranched alkanes of at least 4 members (excludes halogenated alkanes) is 1. The minimum absolute atomic E-state index is 0.167. The zero-order valence-electron chi connectivity index (χ0n) is 9.24. The second-order valence-electron chi connectivity index (χ2n) is 3.79. The van der Waals surface area contributed by atoms with Gasteiger partial charge in [-0.2, -0.15) is 5.10 Å². The highest BCUT2D eigenvalue weighted by Crippen LogP contribution is 2.15. The molecule has 0 fully saturated rings. The van der Waals surface area contributed by atoms with Gasteiger partial charge in [-0.15, -0.1) is 0 Å². The maximum Gasteiger partial charge on any atom is 0.0537 e. The van der Waals surface area contributed by atoms with Gasteiger partial charge in [0.1, 0.15) is 0 Å². The standard InChI is InChI=1S/C11H21N3/c1-3-5-6-11(12)10-8-13-14(9-10)7-4-2/h8-9,11H,3-7,12H2,1-2H3. The van der Waals surface area contributed by atoms with E-state index in [9.17, 15) is 0 Å². The molecular weight excluding hydrogens is 174 g/mol. The molecule has 1 heterocycles. The summed E-state index contributed by atoms with van der Waals surface area (Å²) in [6, 6.07) is 0.167.